The van der Waals surface area contributed by atoms with Crippen LogP contribution in [0, 0.1) is 5.82 Å². The summed E-state index contributed by atoms with van der Waals surface area (Å²) in [6, 6.07) is 6.66. The summed E-state index contributed by atoms with van der Waals surface area (Å²) < 4.78 is 38.1. The van der Waals surface area contributed by atoms with Crippen LogP contribution in [-0.2, 0) is 9.47 Å². The van der Waals surface area contributed by atoms with Gasteiger partial charge in [0.05, 0.1) is 49.2 Å². The van der Waals surface area contributed by atoms with Gasteiger partial charge < -0.3 is 24.3 Å². The van der Waals surface area contributed by atoms with Crippen molar-refractivity contribution in [3.63, 3.8) is 0 Å². The molecule has 0 aliphatic carbocycles. The molecule has 1 N–H and O–H groups in total. The van der Waals surface area contributed by atoms with Crippen LogP contribution >= 0.6 is 39.9 Å². The van der Waals surface area contributed by atoms with E-state index in [9.17, 15) is 4.39 Å². The number of anilines is 2. The molecule has 2 saturated heterocycles. The molecular formula is C23H24BrCl2FN4O4. The number of fused-ring (bicyclic) bond motifs is 2. The monoisotopic (exact) mass is 588 g/mol. The number of benzene rings is 2. The zero-order valence-corrected chi connectivity index (χ0v) is 22.0. The Morgan fingerprint density at radius 1 is 1.23 bits per heavy atom. The van der Waals surface area contributed by atoms with Crippen molar-refractivity contribution in [1.82, 2.24) is 14.9 Å². The van der Waals surface area contributed by atoms with Crippen molar-refractivity contribution in [2.45, 2.75) is 12.1 Å². The molecule has 35 heavy (non-hydrogen) atoms. The van der Waals surface area contributed by atoms with Crippen molar-refractivity contribution < 1.29 is 23.3 Å². The Morgan fingerprint density at radius 2 is 2.09 bits per heavy atom. The molecule has 2 aliphatic rings. The van der Waals surface area contributed by atoms with Crippen LogP contribution in [0.1, 0.15) is 0 Å². The van der Waals surface area contributed by atoms with Gasteiger partial charge in [-0.3, -0.25) is 4.90 Å². The summed E-state index contributed by atoms with van der Waals surface area (Å²) in [5.74, 6) is 1.01. The highest BCUT2D eigenvalue weighted by atomic mass is 79.9. The van der Waals surface area contributed by atoms with Gasteiger partial charge in [-0.2, -0.15) is 0 Å². The van der Waals surface area contributed by atoms with Crippen LogP contribution in [0.3, 0.4) is 0 Å². The molecule has 5 rings (SSSR count). The Balaban J connectivity index is 0.00000289. The fourth-order valence-electron chi connectivity index (χ4n) is 4.11. The highest BCUT2D eigenvalue weighted by molar-refractivity contribution is 9.10. The molecule has 12 heteroatoms. The third-order valence-corrected chi connectivity index (χ3v) is 7.12. The average Bonchev–Trinajstić information content (AvgIpc) is 2.85. The van der Waals surface area contributed by atoms with Gasteiger partial charge in [0, 0.05) is 29.0 Å². The van der Waals surface area contributed by atoms with E-state index in [1.807, 2.05) is 0 Å². The van der Waals surface area contributed by atoms with Crippen LogP contribution in [0.5, 0.6) is 11.5 Å². The first kappa shape index (κ1) is 26.1. The standard InChI is InChI=1S/C23H23BrClFN4O4.ClH/c1-31-21-4-15-19(27-12-28-23(15)29-20-6-17(25)16(24)5-18(20)26)7-22(21)34-11-14-8-30-2-3-32-9-13(30)10-33-14;/h4-7,12-14H,2-3,8-11H2,1H3,(H,27,28,29);1H/t13-,14+;/m0./s1. The van der Waals surface area contributed by atoms with Gasteiger partial charge in [-0.25, -0.2) is 14.4 Å². The molecule has 0 saturated carbocycles. The first-order valence-corrected chi connectivity index (χ1v) is 12.0. The minimum atomic E-state index is -0.468. The molecule has 0 bridgehead atoms. The van der Waals surface area contributed by atoms with Gasteiger partial charge >= 0.3 is 0 Å². The van der Waals surface area contributed by atoms with E-state index in [4.69, 9.17) is 30.5 Å². The van der Waals surface area contributed by atoms with Gasteiger partial charge in [-0.1, -0.05) is 11.6 Å². The van der Waals surface area contributed by atoms with Gasteiger partial charge in [-0.15, -0.1) is 12.4 Å². The SMILES string of the molecule is COc1cc2c(Nc3cc(Cl)c(Br)cc3F)ncnc2cc1OC[C@H]1CN2CCOC[C@H]2CO1.Cl. The first-order chi connectivity index (χ1) is 16.5. The molecule has 0 amide bonds. The van der Waals surface area contributed by atoms with Crippen molar-refractivity contribution in [2.75, 3.05) is 51.9 Å². The summed E-state index contributed by atoms with van der Waals surface area (Å²) in [6.07, 6.45) is 1.35. The number of hydrogen-bond donors (Lipinski definition) is 1. The summed E-state index contributed by atoms with van der Waals surface area (Å²) in [7, 11) is 1.56. The first-order valence-electron chi connectivity index (χ1n) is 10.8. The molecular weight excluding hydrogens is 566 g/mol. The lowest BCUT2D eigenvalue weighted by Gasteiger charge is -2.41. The van der Waals surface area contributed by atoms with Gasteiger partial charge in [0.25, 0.3) is 0 Å². The molecule has 2 atom stereocenters. The summed E-state index contributed by atoms with van der Waals surface area (Å²) in [4.78, 5) is 11.0. The van der Waals surface area contributed by atoms with Crippen molar-refractivity contribution >= 4 is 62.3 Å². The molecule has 2 aromatic carbocycles. The van der Waals surface area contributed by atoms with E-state index in [-0.39, 0.29) is 24.2 Å². The lowest BCUT2D eigenvalue weighted by Crippen LogP contribution is -2.56. The average molecular weight is 590 g/mol. The predicted molar refractivity (Wildman–Crippen MR) is 137 cm³/mol. The zero-order valence-electron chi connectivity index (χ0n) is 18.8. The van der Waals surface area contributed by atoms with Crippen LogP contribution < -0.4 is 14.8 Å². The van der Waals surface area contributed by atoms with Crippen molar-refractivity contribution in [2.24, 2.45) is 0 Å². The number of nitrogens with one attached hydrogen (secondary N) is 1. The smallest absolute Gasteiger partial charge is 0.163 e. The molecule has 0 unspecified atom stereocenters. The maximum Gasteiger partial charge on any atom is 0.163 e. The third kappa shape index (κ3) is 5.73. The number of rotatable bonds is 6. The Hall–Kier alpha value is -1.95. The Bertz CT molecular complexity index is 1210. The second kappa shape index (κ2) is 11.4. The summed E-state index contributed by atoms with van der Waals surface area (Å²) in [5.41, 5.74) is 0.818. The minimum absolute atomic E-state index is 0. The van der Waals surface area contributed by atoms with Crippen LogP contribution in [0.2, 0.25) is 5.02 Å². The topological polar surface area (TPSA) is 78.0 Å². The van der Waals surface area contributed by atoms with E-state index >= 15 is 0 Å². The third-order valence-electron chi connectivity index (χ3n) is 5.92. The van der Waals surface area contributed by atoms with Crippen LogP contribution in [0.4, 0.5) is 15.9 Å². The number of ether oxygens (including phenoxy) is 4. The van der Waals surface area contributed by atoms with Crippen molar-refractivity contribution in [1.29, 1.82) is 0 Å². The molecule has 3 aromatic rings. The van der Waals surface area contributed by atoms with E-state index in [1.165, 1.54) is 18.5 Å². The van der Waals surface area contributed by atoms with Gasteiger partial charge in [0.2, 0.25) is 0 Å². The number of hydrogen-bond acceptors (Lipinski definition) is 8. The lowest BCUT2D eigenvalue weighted by molar-refractivity contribution is -0.124. The van der Waals surface area contributed by atoms with Gasteiger partial charge in [0.15, 0.2) is 11.5 Å². The molecule has 0 spiro atoms. The van der Waals surface area contributed by atoms with Crippen molar-refractivity contribution in [3.8, 4) is 11.5 Å². The van der Waals surface area contributed by atoms with E-state index in [1.54, 1.807) is 19.2 Å². The fraction of sp³-hybridized carbons (Fsp3) is 0.391. The maximum absolute atomic E-state index is 14.4. The summed E-state index contributed by atoms with van der Waals surface area (Å²) in [5, 5.41) is 4.03. The number of halogens is 4. The van der Waals surface area contributed by atoms with Crippen LogP contribution in [-0.4, -0.2) is 73.6 Å². The predicted octanol–water partition coefficient (Wildman–Crippen LogP) is 4.84. The second-order valence-electron chi connectivity index (χ2n) is 8.10. The normalized spacial score (nSPS) is 20.1. The van der Waals surface area contributed by atoms with E-state index in [2.05, 4.69) is 36.1 Å². The Morgan fingerprint density at radius 3 is 2.91 bits per heavy atom. The second-order valence-corrected chi connectivity index (χ2v) is 9.37. The maximum atomic E-state index is 14.4. The molecule has 188 valence electrons. The quantitative estimate of drug-likeness (QED) is 0.409. The number of aromatic nitrogens is 2. The molecule has 3 heterocycles. The summed E-state index contributed by atoms with van der Waals surface area (Å²) >= 11 is 9.35. The highest BCUT2D eigenvalue weighted by Crippen LogP contribution is 2.36. The van der Waals surface area contributed by atoms with Crippen LogP contribution in [0.15, 0.2) is 35.1 Å². The molecule has 2 aliphatic heterocycles. The van der Waals surface area contributed by atoms with Gasteiger partial charge in [-0.05, 0) is 34.1 Å². The Kier molecular flexibility index (Phi) is 8.51. The lowest BCUT2D eigenvalue weighted by atomic mass is 10.1. The molecule has 2 fully saturated rings. The minimum Gasteiger partial charge on any atom is -0.493 e. The number of methoxy groups -OCH3 is 1. The zero-order chi connectivity index (χ0) is 23.7. The number of nitrogens with zero attached hydrogens (tertiary/aromatic N) is 3. The molecule has 0 radical (unpaired) electrons. The molecule has 8 nitrogen and oxygen atoms in total. The fourth-order valence-corrected chi connectivity index (χ4v) is 4.59. The van der Waals surface area contributed by atoms with Gasteiger partial charge in [0.1, 0.15) is 30.7 Å². The summed E-state index contributed by atoms with van der Waals surface area (Å²) in [6.45, 7) is 4.15. The van der Waals surface area contributed by atoms with Crippen molar-refractivity contribution in [3.05, 3.63) is 45.9 Å². The Labute approximate surface area is 221 Å². The number of morpholine rings is 2. The highest BCUT2D eigenvalue weighted by Gasteiger charge is 2.31. The molecule has 1 aromatic heterocycles. The van der Waals surface area contributed by atoms with Crippen LogP contribution in [0.25, 0.3) is 10.9 Å². The van der Waals surface area contributed by atoms with E-state index < -0.39 is 5.82 Å². The van der Waals surface area contributed by atoms with E-state index in [0.29, 0.717) is 63.6 Å². The largest absolute Gasteiger partial charge is 0.493 e. The van der Waals surface area contributed by atoms with E-state index in [0.717, 1.165) is 19.7 Å².